The Morgan fingerprint density at radius 2 is 2.18 bits per heavy atom. The van der Waals surface area contributed by atoms with Crippen molar-refractivity contribution in [3.05, 3.63) is 10.3 Å². The molecule has 1 aromatic rings. The fraction of sp³-hybridized carbons (Fsp3) is 0.800. The first-order valence-corrected chi connectivity index (χ1v) is 8.29. The van der Waals surface area contributed by atoms with E-state index in [4.69, 9.17) is 0 Å². The second kappa shape index (κ2) is 5.50. The van der Waals surface area contributed by atoms with E-state index >= 15 is 0 Å². The highest BCUT2D eigenvalue weighted by Crippen LogP contribution is 2.41. The fourth-order valence-corrected chi connectivity index (χ4v) is 5.34. The molecule has 4 nitrogen and oxygen atoms in total. The molecule has 4 unspecified atom stereocenters. The second-order valence-electron chi connectivity index (χ2n) is 4.25. The van der Waals surface area contributed by atoms with E-state index in [9.17, 15) is 5.11 Å². The van der Waals surface area contributed by atoms with E-state index in [2.05, 4.69) is 40.1 Å². The first kappa shape index (κ1) is 13.7. The summed E-state index contributed by atoms with van der Waals surface area (Å²) in [6.07, 6.45) is -0.517. The van der Waals surface area contributed by atoms with Gasteiger partial charge in [0.1, 0.15) is 11.8 Å². The molecule has 1 fully saturated rings. The highest BCUT2D eigenvalue weighted by atomic mass is 79.9. The van der Waals surface area contributed by atoms with Crippen molar-refractivity contribution in [3.63, 3.8) is 0 Å². The van der Waals surface area contributed by atoms with Crippen LogP contribution in [0.3, 0.4) is 0 Å². The molecule has 1 aliphatic rings. The van der Waals surface area contributed by atoms with Gasteiger partial charge in [-0.25, -0.2) is 4.68 Å². The van der Waals surface area contributed by atoms with Gasteiger partial charge < -0.3 is 5.11 Å². The number of hydrogen-bond donors (Lipinski definition) is 1. The third kappa shape index (κ3) is 2.83. The summed E-state index contributed by atoms with van der Waals surface area (Å²) in [5.74, 6) is 0.967. The van der Waals surface area contributed by atoms with Gasteiger partial charge in [-0.2, -0.15) is 23.5 Å². The Kier molecular flexibility index (Phi) is 4.44. The second-order valence-corrected chi connectivity index (χ2v) is 8.03. The Labute approximate surface area is 118 Å². The van der Waals surface area contributed by atoms with Gasteiger partial charge in [0.15, 0.2) is 4.60 Å². The molecule has 0 aromatic carbocycles. The van der Waals surface area contributed by atoms with Crippen LogP contribution in [0.2, 0.25) is 0 Å². The molecule has 0 amide bonds. The zero-order chi connectivity index (χ0) is 12.6. The lowest BCUT2D eigenvalue weighted by Crippen LogP contribution is -2.31. The highest BCUT2D eigenvalue weighted by molar-refractivity contribution is 9.10. The lowest BCUT2D eigenvalue weighted by Gasteiger charge is -2.33. The zero-order valence-electron chi connectivity index (χ0n) is 10.00. The first-order chi connectivity index (χ1) is 8.00. The molecule has 2 heterocycles. The van der Waals surface area contributed by atoms with Crippen molar-refractivity contribution in [1.82, 2.24) is 15.0 Å². The SMILES string of the molecule is CC1SCC(C(O)c2c(Br)nnn2C)SC1C. The van der Waals surface area contributed by atoms with E-state index in [0.717, 1.165) is 11.4 Å². The Balaban J connectivity index is 2.13. The summed E-state index contributed by atoms with van der Waals surface area (Å²) >= 11 is 7.12. The molecule has 1 N–H and O–H groups in total. The van der Waals surface area contributed by atoms with Crippen molar-refractivity contribution in [2.75, 3.05) is 5.75 Å². The molecule has 0 spiro atoms. The minimum Gasteiger partial charge on any atom is -0.386 e. The van der Waals surface area contributed by atoms with E-state index < -0.39 is 6.10 Å². The molecule has 1 saturated heterocycles. The molecular weight excluding hydrogens is 322 g/mol. The van der Waals surface area contributed by atoms with Crippen LogP contribution in [0, 0.1) is 0 Å². The number of thioether (sulfide) groups is 2. The average Bonchev–Trinajstić information content (AvgIpc) is 2.62. The maximum absolute atomic E-state index is 10.4. The van der Waals surface area contributed by atoms with E-state index in [0.29, 0.717) is 15.1 Å². The van der Waals surface area contributed by atoms with Crippen LogP contribution in [0.15, 0.2) is 4.60 Å². The summed E-state index contributed by atoms with van der Waals surface area (Å²) in [5.41, 5.74) is 0.768. The zero-order valence-corrected chi connectivity index (χ0v) is 13.2. The highest BCUT2D eigenvalue weighted by Gasteiger charge is 2.33. The summed E-state index contributed by atoms with van der Waals surface area (Å²) in [6.45, 7) is 4.46. The number of rotatable bonds is 2. The summed E-state index contributed by atoms with van der Waals surface area (Å²) < 4.78 is 2.28. The summed E-state index contributed by atoms with van der Waals surface area (Å²) in [6, 6.07) is 0. The Morgan fingerprint density at radius 1 is 1.47 bits per heavy atom. The van der Waals surface area contributed by atoms with Crippen molar-refractivity contribution < 1.29 is 5.11 Å². The first-order valence-electron chi connectivity index (χ1n) is 5.51. The molecule has 1 aliphatic heterocycles. The Bertz CT molecular complexity index is 381. The molecule has 7 heteroatoms. The fourth-order valence-electron chi connectivity index (χ4n) is 1.80. The Morgan fingerprint density at radius 3 is 2.71 bits per heavy atom. The predicted molar refractivity (Wildman–Crippen MR) is 76.4 cm³/mol. The molecule has 2 rings (SSSR count). The maximum atomic E-state index is 10.4. The summed E-state index contributed by atoms with van der Waals surface area (Å²) in [4.78, 5) is 0. The van der Waals surface area contributed by atoms with Gasteiger partial charge in [-0.3, -0.25) is 0 Å². The molecule has 96 valence electrons. The molecular formula is C10H16BrN3OS2. The quantitative estimate of drug-likeness (QED) is 0.896. The maximum Gasteiger partial charge on any atom is 0.154 e. The molecule has 0 saturated carbocycles. The van der Waals surface area contributed by atoms with Crippen molar-refractivity contribution in [3.8, 4) is 0 Å². The van der Waals surface area contributed by atoms with Crippen molar-refractivity contribution in [2.45, 2.75) is 35.7 Å². The third-order valence-electron chi connectivity index (χ3n) is 3.03. The number of hydrogen-bond acceptors (Lipinski definition) is 5. The van der Waals surface area contributed by atoms with E-state index in [-0.39, 0.29) is 5.25 Å². The molecule has 0 radical (unpaired) electrons. The Hall–Kier alpha value is 0.280. The normalized spacial score (nSPS) is 31.5. The van der Waals surface area contributed by atoms with Gasteiger partial charge in [-0.05, 0) is 15.9 Å². The van der Waals surface area contributed by atoms with Crippen LogP contribution in [0.4, 0.5) is 0 Å². The van der Waals surface area contributed by atoms with Crippen molar-refractivity contribution >= 4 is 39.5 Å². The summed E-state index contributed by atoms with van der Waals surface area (Å²) in [5, 5.41) is 19.7. The summed E-state index contributed by atoms with van der Waals surface area (Å²) in [7, 11) is 1.81. The van der Waals surface area contributed by atoms with Gasteiger partial charge in [0.05, 0.1) is 0 Å². The van der Waals surface area contributed by atoms with Crippen LogP contribution in [0.5, 0.6) is 0 Å². The largest absolute Gasteiger partial charge is 0.386 e. The van der Waals surface area contributed by atoms with Gasteiger partial charge in [0.2, 0.25) is 0 Å². The standard InChI is InChI=1S/C10H16BrN3OS2/c1-5-6(2)17-7(4-16-5)9(15)8-10(11)12-13-14(8)3/h5-7,9,15H,4H2,1-3H3. The lowest BCUT2D eigenvalue weighted by molar-refractivity contribution is 0.169. The minimum atomic E-state index is -0.517. The van der Waals surface area contributed by atoms with E-state index in [1.165, 1.54) is 0 Å². The number of aryl methyl sites for hydroxylation is 1. The van der Waals surface area contributed by atoms with Crippen molar-refractivity contribution in [1.29, 1.82) is 0 Å². The average molecular weight is 338 g/mol. The van der Waals surface area contributed by atoms with Crippen LogP contribution in [-0.2, 0) is 7.05 Å². The van der Waals surface area contributed by atoms with Crippen molar-refractivity contribution in [2.24, 2.45) is 7.05 Å². The van der Waals surface area contributed by atoms with Gasteiger partial charge >= 0.3 is 0 Å². The molecule has 0 bridgehead atoms. The lowest BCUT2D eigenvalue weighted by atomic mass is 10.2. The third-order valence-corrected chi connectivity index (χ3v) is 7.08. The monoisotopic (exact) mass is 337 g/mol. The topological polar surface area (TPSA) is 50.9 Å². The number of aliphatic hydroxyl groups excluding tert-OH is 1. The van der Waals surface area contributed by atoms with Gasteiger partial charge in [-0.15, -0.1) is 5.10 Å². The molecule has 4 atom stereocenters. The number of aromatic nitrogens is 3. The van der Waals surface area contributed by atoms with Crippen LogP contribution < -0.4 is 0 Å². The van der Waals surface area contributed by atoms with Crippen LogP contribution in [-0.4, -0.2) is 41.6 Å². The smallest absolute Gasteiger partial charge is 0.154 e. The minimum absolute atomic E-state index is 0.208. The molecule has 17 heavy (non-hydrogen) atoms. The van der Waals surface area contributed by atoms with Crippen LogP contribution in [0.1, 0.15) is 25.6 Å². The van der Waals surface area contributed by atoms with Gasteiger partial charge in [0.25, 0.3) is 0 Å². The van der Waals surface area contributed by atoms with Gasteiger partial charge in [0, 0.05) is 28.6 Å². The van der Waals surface area contributed by atoms with E-state index in [1.54, 1.807) is 4.68 Å². The number of aliphatic hydroxyl groups is 1. The van der Waals surface area contributed by atoms with Crippen LogP contribution >= 0.6 is 39.5 Å². The molecule has 1 aromatic heterocycles. The van der Waals surface area contributed by atoms with Gasteiger partial charge in [-0.1, -0.05) is 19.1 Å². The van der Waals surface area contributed by atoms with E-state index in [1.807, 2.05) is 30.6 Å². The number of halogens is 1. The number of nitrogens with zero attached hydrogens (tertiary/aromatic N) is 3. The van der Waals surface area contributed by atoms with Crippen LogP contribution in [0.25, 0.3) is 0 Å². The predicted octanol–water partition coefficient (Wildman–Crippen LogP) is 2.24. The molecule has 0 aliphatic carbocycles.